The molecule has 0 bridgehead atoms. The first-order chi connectivity index (χ1) is 15.0. The fourth-order valence-electron chi connectivity index (χ4n) is 4.28. The van der Waals surface area contributed by atoms with Crippen molar-refractivity contribution in [3.63, 3.8) is 0 Å². The first-order valence-electron chi connectivity index (χ1n) is 10.3. The molecule has 1 amide bonds. The number of para-hydroxylation sites is 1. The topological polar surface area (TPSA) is 82.5 Å². The van der Waals surface area contributed by atoms with Gasteiger partial charge in [-0.3, -0.25) is 9.59 Å². The molecule has 0 spiro atoms. The summed E-state index contributed by atoms with van der Waals surface area (Å²) in [5.74, 6) is -0.567. The van der Waals surface area contributed by atoms with E-state index in [0.29, 0.717) is 34.3 Å². The van der Waals surface area contributed by atoms with Crippen LogP contribution in [0.4, 0.5) is 10.1 Å². The van der Waals surface area contributed by atoms with Crippen LogP contribution >= 0.6 is 0 Å². The predicted octanol–water partition coefficient (Wildman–Crippen LogP) is 3.02. The van der Waals surface area contributed by atoms with Gasteiger partial charge in [0.1, 0.15) is 17.0 Å². The number of halogens is 1. The maximum atomic E-state index is 14.3. The fraction of sp³-hybridized carbons (Fsp3) is 0.261. The Kier molecular flexibility index (Phi) is 4.69. The number of anilines is 1. The Morgan fingerprint density at radius 2 is 2.10 bits per heavy atom. The van der Waals surface area contributed by atoms with Gasteiger partial charge in [-0.05, 0) is 49.6 Å². The lowest BCUT2D eigenvalue weighted by Gasteiger charge is -2.35. The van der Waals surface area contributed by atoms with Crippen LogP contribution in [0.2, 0.25) is 0 Å². The summed E-state index contributed by atoms with van der Waals surface area (Å²) in [4.78, 5) is 30.2. The molecule has 158 valence electrons. The van der Waals surface area contributed by atoms with Crippen LogP contribution in [0.15, 0.2) is 53.5 Å². The molecular formula is C23H22FN5O2. The second kappa shape index (κ2) is 7.54. The molecule has 1 aliphatic rings. The SMILES string of the molecule is Cc1ccc(F)c(N2CCCC(NC(=O)c3cnn4c3[nH]c(=O)c3ccccc34)C2)c1. The maximum absolute atomic E-state index is 14.3. The van der Waals surface area contributed by atoms with Gasteiger partial charge in [0.15, 0.2) is 0 Å². The maximum Gasteiger partial charge on any atom is 0.259 e. The van der Waals surface area contributed by atoms with Crippen LogP contribution in [0.1, 0.15) is 28.8 Å². The van der Waals surface area contributed by atoms with Crippen molar-refractivity contribution in [3.8, 4) is 0 Å². The van der Waals surface area contributed by atoms with E-state index in [1.165, 1.54) is 12.3 Å². The minimum absolute atomic E-state index is 0.136. The van der Waals surface area contributed by atoms with E-state index in [9.17, 15) is 14.0 Å². The Bertz CT molecular complexity index is 1360. The van der Waals surface area contributed by atoms with Gasteiger partial charge in [0.25, 0.3) is 11.5 Å². The number of nitrogens with zero attached hydrogens (tertiary/aromatic N) is 3. The monoisotopic (exact) mass is 419 g/mol. The van der Waals surface area contributed by atoms with Crippen LogP contribution in [0.25, 0.3) is 16.6 Å². The lowest BCUT2D eigenvalue weighted by atomic mass is 10.0. The normalized spacial score (nSPS) is 16.7. The number of aryl methyl sites for hydroxylation is 1. The summed E-state index contributed by atoms with van der Waals surface area (Å²) < 4.78 is 15.9. The van der Waals surface area contributed by atoms with Crippen LogP contribution in [-0.4, -0.2) is 39.6 Å². The van der Waals surface area contributed by atoms with Crippen molar-refractivity contribution < 1.29 is 9.18 Å². The highest BCUT2D eigenvalue weighted by molar-refractivity contribution is 6.00. The van der Waals surface area contributed by atoms with Gasteiger partial charge < -0.3 is 15.2 Å². The molecule has 3 heterocycles. The molecule has 1 atom stereocenters. The van der Waals surface area contributed by atoms with Crippen molar-refractivity contribution in [2.45, 2.75) is 25.8 Å². The van der Waals surface area contributed by atoms with E-state index in [1.807, 2.05) is 24.0 Å². The Hall–Kier alpha value is -3.68. The van der Waals surface area contributed by atoms with E-state index in [1.54, 1.807) is 28.8 Å². The second-order valence-electron chi connectivity index (χ2n) is 8.00. The van der Waals surface area contributed by atoms with Gasteiger partial charge in [-0.1, -0.05) is 18.2 Å². The zero-order chi connectivity index (χ0) is 21.5. The van der Waals surface area contributed by atoms with Crippen molar-refractivity contribution in [3.05, 3.63) is 76.0 Å². The molecule has 1 fully saturated rings. The third-order valence-corrected chi connectivity index (χ3v) is 5.82. The van der Waals surface area contributed by atoms with Crippen LogP contribution in [0.5, 0.6) is 0 Å². The van der Waals surface area contributed by atoms with Crippen molar-refractivity contribution in [2.75, 3.05) is 18.0 Å². The Labute approximate surface area is 177 Å². The second-order valence-corrected chi connectivity index (χ2v) is 8.00. The number of aromatic nitrogens is 3. The molecule has 1 aliphatic heterocycles. The number of piperidine rings is 1. The highest BCUT2D eigenvalue weighted by Gasteiger charge is 2.25. The van der Waals surface area contributed by atoms with Crippen LogP contribution in [-0.2, 0) is 0 Å². The van der Waals surface area contributed by atoms with Gasteiger partial charge in [-0.15, -0.1) is 0 Å². The quantitative estimate of drug-likeness (QED) is 0.535. The summed E-state index contributed by atoms with van der Waals surface area (Å²) in [6.45, 7) is 3.19. The average Bonchev–Trinajstić information content (AvgIpc) is 3.20. The zero-order valence-electron chi connectivity index (χ0n) is 17.1. The van der Waals surface area contributed by atoms with E-state index >= 15 is 0 Å². The largest absolute Gasteiger partial charge is 0.367 e. The Morgan fingerprint density at radius 3 is 2.97 bits per heavy atom. The fourth-order valence-corrected chi connectivity index (χ4v) is 4.28. The molecule has 5 rings (SSSR count). The molecule has 2 aromatic carbocycles. The summed E-state index contributed by atoms with van der Waals surface area (Å²) >= 11 is 0. The molecular weight excluding hydrogens is 397 g/mol. The minimum atomic E-state index is -0.308. The number of nitrogens with one attached hydrogen (secondary N) is 2. The summed E-state index contributed by atoms with van der Waals surface area (Å²) in [6, 6.07) is 12.0. The van der Waals surface area contributed by atoms with E-state index in [-0.39, 0.29) is 23.3 Å². The number of aromatic amines is 1. The molecule has 0 radical (unpaired) electrons. The van der Waals surface area contributed by atoms with E-state index in [4.69, 9.17) is 0 Å². The third kappa shape index (κ3) is 3.43. The number of amides is 1. The van der Waals surface area contributed by atoms with Crippen molar-refractivity contribution in [1.29, 1.82) is 0 Å². The molecule has 4 aromatic rings. The van der Waals surface area contributed by atoms with Crippen LogP contribution in [0.3, 0.4) is 0 Å². The van der Waals surface area contributed by atoms with E-state index < -0.39 is 0 Å². The van der Waals surface area contributed by atoms with Gasteiger partial charge >= 0.3 is 0 Å². The standard InChI is InChI=1S/C23H22FN5O2/c1-14-8-9-18(24)20(11-14)28-10-4-5-15(13-28)26-23(31)17-12-25-29-19-7-3-2-6-16(19)22(30)27-21(17)29/h2-3,6-9,11-12,15H,4-5,10,13H2,1H3,(H,26,31)(H,27,30). The molecule has 31 heavy (non-hydrogen) atoms. The Balaban J connectivity index is 1.41. The van der Waals surface area contributed by atoms with Crippen molar-refractivity contribution in [1.82, 2.24) is 19.9 Å². The molecule has 2 N–H and O–H groups in total. The summed E-state index contributed by atoms with van der Waals surface area (Å²) in [5, 5.41) is 7.86. The first kappa shape index (κ1) is 19.3. The van der Waals surface area contributed by atoms with Crippen LogP contribution in [0, 0.1) is 12.7 Å². The molecule has 0 aliphatic carbocycles. The van der Waals surface area contributed by atoms with Crippen molar-refractivity contribution in [2.24, 2.45) is 0 Å². The zero-order valence-corrected chi connectivity index (χ0v) is 17.1. The summed E-state index contributed by atoms with van der Waals surface area (Å²) in [7, 11) is 0. The number of benzene rings is 2. The highest BCUT2D eigenvalue weighted by atomic mass is 19.1. The molecule has 1 unspecified atom stereocenters. The number of hydrogen-bond acceptors (Lipinski definition) is 4. The summed E-state index contributed by atoms with van der Waals surface area (Å²) in [5.41, 5.74) is 2.59. The predicted molar refractivity (Wildman–Crippen MR) is 117 cm³/mol. The molecule has 8 heteroatoms. The highest BCUT2D eigenvalue weighted by Crippen LogP contribution is 2.25. The first-order valence-corrected chi connectivity index (χ1v) is 10.3. The van der Waals surface area contributed by atoms with Gasteiger partial charge in [0, 0.05) is 19.1 Å². The van der Waals surface area contributed by atoms with E-state index in [0.717, 1.165) is 24.9 Å². The molecule has 7 nitrogen and oxygen atoms in total. The Morgan fingerprint density at radius 1 is 1.26 bits per heavy atom. The lowest BCUT2D eigenvalue weighted by Crippen LogP contribution is -2.48. The number of fused-ring (bicyclic) bond motifs is 3. The number of carbonyl (C=O) groups excluding carboxylic acids is 1. The third-order valence-electron chi connectivity index (χ3n) is 5.82. The number of hydrogen-bond donors (Lipinski definition) is 2. The molecule has 0 saturated carbocycles. The van der Waals surface area contributed by atoms with Gasteiger partial charge in [-0.25, -0.2) is 8.91 Å². The lowest BCUT2D eigenvalue weighted by molar-refractivity contribution is 0.0934. The minimum Gasteiger partial charge on any atom is -0.367 e. The smallest absolute Gasteiger partial charge is 0.259 e. The molecule has 2 aromatic heterocycles. The van der Waals surface area contributed by atoms with Crippen molar-refractivity contribution >= 4 is 28.1 Å². The number of H-pyrrole nitrogens is 1. The number of carbonyl (C=O) groups is 1. The molecule has 1 saturated heterocycles. The van der Waals surface area contributed by atoms with Gasteiger partial charge in [-0.2, -0.15) is 5.10 Å². The summed E-state index contributed by atoms with van der Waals surface area (Å²) in [6.07, 6.45) is 3.11. The van der Waals surface area contributed by atoms with E-state index in [2.05, 4.69) is 15.4 Å². The van der Waals surface area contributed by atoms with Crippen LogP contribution < -0.4 is 15.8 Å². The van der Waals surface area contributed by atoms with Gasteiger partial charge in [0.2, 0.25) is 0 Å². The number of rotatable bonds is 3. The average molecular weight is 419 g/mol. The van der Waals surface area contributed by atoms with Gasteiger partial charge in [0.05, 0.1) is 22.8 Å².